The summed E-state index contributed by atoms with van der Waals surface area (Å²) in [5, 5.41) is 28.7. The zero-order valence-electron chi connectivity index (χ0n) is 27.2. The molecule has 0 aliphatic carbocycles. The number of rotatable bonds is 19. The second-order valence-electron chi connectivity index (χ2n) is 10.0. The quantitative estimate of drug-likeness (QED) is 0.0951. The molecule has 0 radical (unpaired) electrons. The van der Waals surface area contributed by atoms with Gasteiger partial charge < -0.3 is 23.1 Å². The van der Waals surface area contributed by atoms with E-state index in [1.54, 1.807) is 18.2 Å². The summed E-state index contributed by atoms with van der Waals surface area (Å²) in [6, 6.07) is 15.5. The molecule has 2 aromatic carbocycles. The summed E-state index contributed by atoms with van der Waals surface area (Å²) < 4.78 is 0. The summed E-state index contributed by atoms with van der Waals surface area (Å²) in [6.07, 6.45) is 9.22. The average Bonchev–Trinajstić information content (AvgIpc) is 2.90. The first kappa shape index (κ1) is 40.2. The van der Waals surface area contributed by atoms with E-state index in [2.05, 4.69) is 19.1 Å². The minimum atomic E-state index is -1.18. The number of carboxylic acid groups (broad SMARTS) is 2. The molecule has 0 aliphatic heterocycles. The smallest absolute Gasteiger partial charge is 1.00 e. The van der Waals surface area contributed by atoms with Gasteiger partial charge in [-0.05, 0) is 55.0 Å². The third-order valence-electron chi connectivity index (χ3n) is 6.76. The number of anilines is 1. The second kappa shape index (κ2) is 22.7. The van der Waals surface area contributed by atoms with Gasteiger partial charge in [0.1, 0.15) is 6.42 Å². The fourth-order valence-corrected chi connectivity index (χ4v) is 5.67. The number of carboxylic acids is 2. The van der Waals surface area contributed by atoms with Crippen molar-refractivity contribution in [3.8, 4) is 0 Å². The topological polar surface area (TPSA) is 115 Å². The molecular formula is C31H45NNa2O6S. The first-order chi connectivity index (χ1) is 18.7. The molecular weight excluding hydrogens is 560 g/mol. The van der Waals surface area contributed by atoms with Crippen molar-refractivity contribution in [2.75, 3.05) is 11.9 Å². The molecule has 2 rings (SSSR count). The summed E-state index contributed by atoms with van der Waals surface area (Å²) in [5.74, 6) is -2.59. The Morgan fingerprint density at radius 1 is 0.878 bits per heavy atom. The number of hydrogen-bond donors (Lipinski definition) is 3. The van der Waals surface area contributed by atoms with Gasteiger partial charge in [0.05, 0.1) is 11.4 Å². The summed E-state index contributed by atoms with van der Waals surface area (Å²) in [6.45, 7) is 2.23. The number of thioether (sulfide) groups is 1. The molecule has 41 heavy (non-hydrogen) atoms. The number of benzene rings is 2. The van der Waals surface area contributed by atoms with Crippen LogP contribution in [0, 0.1) is 0 Å². The molecule has 7 nitrogen and oxygen atoms in total. The van der Waals surface area contributed by atoms with Gasteiger partial charge in [0.25, 0.3) is 0 Å². The van der Waals surface area contributed by atoms with Gasteiger partial charge in [-0.2, -0.15) is 0 Å². The fraction of sp³-hybridized carbons (Fsp3) is 0.516. The van der Waals surface area contributed by atoms with Crippen LogP contribution in [-0.2, 0) is 20.8 Å². The molecule has 1 amide bonds. The third-order valence-corrected chi connectivity index (χ3v) is 8.13. The van der Waals surface area contributed by atoms with Crippen LogP contribution in [-0.4, -0.2) is 46.3 Å². The number of amides is 1. The van der Waals surface area contributed by atoms with E-state index in [0.29, 0.717) is 18.5 Å². The Hall–Kier alpha value is -0.840. The molecule has 2 atom stereocenters. The standard InChI is InChI=1S/C31H43NO6S.2Na.2H/c1-3-4-5-6-7-8-9-12-23-17-19-24(20-18-23)31(27(33)15-11-16-29(35)36)39-26-14-10-13-25(21-26)32(2)28(34)22-30(37)38;;;;/h10,13-14,17-21,27,31,33H,3-9,11-12,15-16,22H2,1-2H3,(H,35,36)(H,37,38);;;;/q;2*+1;2*-1. The molecule has 3 N–H and O–H groups in total. The Bertz CT molecular complexity index is 1060. The maximum Gasteiger partial charge on any atom is 1.00 e. The minimum Gasteiger partial charge on any atom is -1.00 e. The summed E-state index contributed by atoms with van der Waals surface area (Å²) in [4.78, 5) is 36.3. The average molecular weight is 606 g/mol. The van der Waals surface area contributed by atoms with Crippen LogP contribution in [0.4, 0.5) is 5.69 Å². The molecule has 0 aromatic heterocycles. The third kappa shape index (κ3) is 16.0. The van der Waals surface area contributed by atoms with E-state index in [4.69, 9.17) is 10.2 Å². The number of aliphatic hydroxyl groups is 1. The molecule has 0 saturated heterocycles. The number of carbonyl (C=O) groups excluding carboxylic acids is 1. The predicted octanol–water partition coefficient (Wildman–Crippen LogP) is 1.10. The van der Waals surface area contributed by atoms with Gasteiger partial charge in [0.15, 0.2) is 0 Å². The summed E-state index contributed by atoms with van der Waals surface area (Å²) >= 11 is 1.45. The van der Waals surface area contributed by atoms with Crippen LogP contribution in [0.1, 0.15) is 96.8 Å². The van der Waals surface area contributed by atoms with Crippen molar-refractivity contribution in [1.82, 2.24) is 0 Å². The van der Waals surface area contributed by atoms with E-state index in [9.17, 15) is 19.5 Å². The Morgan fingerprint density at radius 3 is 2.12 bits per heavy atom. The van der Waals surface area contributed by atoms with Crippen molar-refractivity contribution in [2.45, 2.75) is 100 Å². The molecule has 10 heteroatoms. The van der Waals surface area contributed by atoms with E-state index in [1.807, 2.05) is 18.2 Å². The van der Waals surface area contributed by atoms with Gasteiger partial charge in [-0.3, -0.25) is 14.4 Å². The zero-order chi connectivity index (χ0) is 28.6. The van der Waals surface area contributed by atoms with Crippen molar-refractivity contribution in [1.29, 1.82) is 0 Å². The number of hydrogen-bond acceptors (Lipinski definition) is 5. The van der Waals surface area contributed by atoms with Crippen molar-refractivity contribution >= 4 is 35.3 Å². The molecule has 218 valence electrons. The Kier molecular flexibility index (Phi) is 22.2. The number of aryl methyl sites for hydroxylation is 1. The first-order valence-electron chi connectivity index (χ1n) is 13.9. The van der Waals surface area contributed by atoms with Crippen LogP contribution < -0.4 is 64.0 Å². The summed E-state index contributed by atoms with van der Waals surface area (Å²) in [7, 11) is 1.54. The maximum absolute atomic E-state index is 12.2. The number of aliphatic hydroxyl groups excluding tert-OH is 1. The van der Waals surface area contributed by atoms with E-state index in [1.165, 1.54) is 67.8 Å². The predicted molar refractivity (Wildman–Crippen MR) is 159 cm³/mol. The zero-order valence-corrected chi connectivity index (χ0v) is 30.0. The first-order valence-corrected chi connectivity index (χ1v) is 14.8. The number of nitrogens with zero attached hydrogens (tertiary/aromatic N) is 1. The van der Waals surface area contributed by atoms with Gasteiger partial charge >= 0.3 is 71.1 Å². The van der Waals surface area contributed by atoms with E-state index in [0.717, 1.165) is 23.3 Å². The SMILES string of the molecule is CCCCCCCCCc1ccc(C(Sc2cccc(N(C)C(=O)CC(=O)O)c2)C(O)CCCC(=O)O)cc1.[H-].[H-].[Na+].[Na+]. The Labute approximate surface area is 296 Å². The molecule has 0 fully saturated rings. The van der Waals surface area contributed by atoms with Crippen LogP contribution in [0.2, 0.25) is 0 Å². The van der Waals surface area contributed by atoms with Crippen molar-refractivity contribution in [3.63, 3.8) is 0 Å². The van der Waals surface area contributed by atoms with Crippen LogP contribution in [0.3, 0.4) is 0 Å². The van der Waals surface area contributed by atoms with Crippen LogP contribution >= 0.6 is 11.8 Å². The van der Waals surface area contributed by atoms with Gasteiger partial charge in [-0.1, -0.05) is 75.8 Å². The van der Waals surface area contributed by atoms with Crippen LogP contribution in [0.5, 0.6) is 0 Å². The van der Waals surface area contributed by atoms with Crippen molar-refractivity contribution < 1.29 is 91.7 Å². The molecule has 0 spiro atoms. The maximum atomic E-state index is 12.2. The molecule has 0 aliphatic rings. The monoisotopic (exact) mass is 605 g/mol. The van der Waals surface area contributed by atoms with Crippen LogP contribution in [0.25, 0.3) is 0 Å². The second-order valence-corrected chi connectivity index (χ2v) is 11.2. The fourth-order valence-electron chi connectivity index (χ4n) is 4.45. The number of aliphatic carboxylic acids is 2. The minimum absolute atomic E-state index is 0. The van der Waals surface area contributed by atoms with Gasteiger partial charge in [0, 0.05) is 24.1 Å². The van der Waals surface area contributed by atoms with Gasteiger partial charge in [0.2, 0.25) is 5.91 Å². The number of carbonyl (C=O) groups is 3. The number of unbranched alkanes of at least 4 members (excludes halogenated alkanes) is 6. The molecule has 0 heterocycles. The van der Waals surface area contributed by atoms with E-state index < -0.39 is 30.4 Å². The van der Waals surface area contributed by atoms with E-state index >= 15 is 0 Å². The van der Waals surface area contributed by atoms with Crippen molar-refractivity contribution in [2.24, 2.45) is 0 Å². The van der Waals surface area contributed by atoms with E-state index in [-0.39, 0.29) is 73.6 Å². The molecule has 2 aromatic rings. The van der Waals surface area contributed by atoms with Gasteiger partial charge in [-0.15, -0.1) is 11.8 Å². The van der Waals surface area contributed by atoms with Crippen LogP contribution in [0.15, 0.2) is 53.4 Å². The normalized spacial score (nSPS) is 12.0. The largest absolute Gasteiger partial charge is 1.00 e. The molecule has 2 unspecified atom stereocenters. The van der Waals surface area contributed by atoms with Crippen molar-refractivity contribution in [3.05, 3.63) is 59.7 Å². The molecule has 0 bridgehead atoms. The Morgan fingerprint density at radius 2 is 1.51 bits per heavy atom. The summed E-state index contributed by atoms with van der Waals surface area (Å²) in [5.41, 5.74) is 2.78. The Balaban J connectivity index is -0.00000400. The van der Waals surface area contributed by atoms with Gasteiger partial charge in [-0.25, -0.2) is 0 Å². The molecule has 0 saturated carbocycles.